The van der Waals surface area contributed by atoms with Gasteiger partial charge in [-0.05, 0) is 48.6 Å². The Morgan fingerprint density at radius 3 is 2.70 bits per heavy atom. The highest BCUT2D eigenvalue weighted by Crippen LogP contribution is 2.29. The third kappa shape index (κ3) is 3.76. The number of anilines is 1. The minimum Gasteiger partial charge on any atom is -0.356 e. The Kier molecular flexibility index (Phi) is 5.11. The highest BCUT2D eigenvalue weighted by atomic mass is 32.1. The van der Waals surface area contributed by atoms with E-state index in [0.717, 1.165) is 53.8 Å². The van der Waals surface area contributed by atoms with Gasteiger partial charge >= 0.3 is 0 Å². The molecule has 0 bridgehead atoms. The summed E-state index contributed by atoms with van der Waals surface area (Å²) in [6.07, 6.45) is 5.31. The molecule has 4 heterocycles. The summed E-state index contributed by atoms with van der Waals surface area (Å²) in [5.74, 6) is 1.65. The minimum atomic E-state index is 0.0149. The van der Waals surface area contributed by atoms with Crippen molar-refractivity contribution in [3.8, 4) is 11.4 Å². The molecule has 6 nitrogen and oxygen atoms in total. The number of fused-ring (bicyclic) bond motifs is 1. The minimum absolute atomic E-state index is 0.0149. The van der Waals surface area contributed by atoms with Gasteiger partial charge in [0.2, 0.25) is 0 Å². The molecule has 1 aromatic carbocycles. The van der Waals surface area contributed by atoms with Crippen LogP contribution >= 0.6 is 11.3 Å². The van der Waals surface area contributed by atoms with Gasteiger partial charge in [-0.1, -0.05) is 12.1 Å². The van der Waals surface area contributed by atoms with Gasteiger partial charge in [0.05, 0.1) is 5.52 Å². The number of rotatable bonds is 4. The number of aromatic nitrogens is 3. The van der Waals surface area contributed by atoms with Crippen molar-refractivity contribution in [3.63, 3.8) is 0 Å². The van der Waals surface area contributed by atoms with Gasteiger partial charge < -0.3 is 10.2 Å². The van der Waals surface area contributed by atoms with Crippen LogP contribution in [0, 0.1) is 0 Å². The lowest BCUT2D eigenvalue weighted by Crippen LogP contribution is -2.45. The van der Waals surface area contributed by atoms with E-state index in [1.807, 2.05) is 47.2 Å². The third-order valence-electron chi connectivity index (χ3n) is 5.42. The molecule has 0 saturated carbocycles. The average Bonchev–Trinajstić information content (AvgIpc) is 3.35. The van der Waals surface area contributed by atoms with Crippen molar-refractivity contribution in [1.29, 1.82) is 0 Å². The summed E-state index contributed by atoms with van der Waals surface area (Å²) >= 11 is 1.54. The molecular formula is C23H21N5OS. The van der Waals surface area contributed by atoms with Gasteiger partial charge in [-0.2, -0.15) is 11.3 Å². The normalized spacial score (nSPS) is 14.7. The summed E-state index contributed by atoms with van der Waals surface area (Å²) in [4.78, 5) is 28.5. The van der Waals surface area contributed by atoms with Gasteiger partial charge in [-0.25, -0.2) is 9.97 Å². The van der Waals surface area contributed by atoms with E-state index in [2.05, 4.69) is 21.3 Å². The number of pyridine rings is 1. The molecule has 7 heteroatoms. The van der Waals surface area contributed by atoms with Crippen molar-refractivity contribution in [2.75, 3.05) is 18.0 Å². The monoisotopic (exact) mass is 415 g/mol. The number of nitrogens with one attached hydrogen (secondary N) is 1. The molecule has 30 heavy (non-hydrogen) atoms. The van der Waals surface area contributed by atoms with E-state index in [0.29, 0.717) is 5.82 Å². The van der Waals surface area contributed by atoms with E-state index in [1.165, 1.54) is 0 Å². The molecule has 150 valence electrons. The zero-order chi connectivity index (χ0) is 20.3. The highest BCUT2D eigenvalue weighted by Gasteiger charge is 2.24. The van der Waals surface area contributed by atoms with E-state index < -0.39 is 0 Å². The van der Waals surface area contributed by atoms with Crippen LogP contribution in [0.2, 0.25) is 0 Å². The number of piperidine rings is 1. The lowest BCUT2D eigenvalue weighted by molar-refractivity contribution is 0.0931. The fourth-order valence-electron chi connectivity index (χ4n) is 3.82. The van der Waals surface area contributed by atoms with Crippen molar-refractivity contribution in [2.24, 2.45) is 0 Å². The van der Waals surface area contributed by atoms with Crippen LogP contribution in [0.5, 0.6) is 0 Å². The van der Waals surface area contributed by atoms with Gasteiger partial charge in [0, 0.05) is 53.4 Å². The van der Waals surface area contributed by atoms with Gasteiger partial charge in [-0.15, -0.1) is 0 Å². The number of para-hydroxylation sites is 1. The molecule has 1 aliphatic heterocycles. The van der Waals surface area contributed by atoms with E-state index in [4.69, 9.17) is 9.97 Å². The van der Waals surface area contributed by atoms with Crippen molar-refractivity contribution in [3.05, 3.63) is 71.2 Å². The fourth-order valence-corrected chi connectivity index (χ4v) is 4.46. The molecule has 3 aromatic heterocycles. The number of hydrogen-bond acceptors (Lipinski definition) is 6. The molecule has 1 amide bonds. The second-order valence-electron chi connectivity index (χ2n) is 7.38. The molecule has 1 fully saturated rings. The summed E-state index contributed by atoms with van der Waals surface area (Å²) in [7, 11) is 0. The van der Waals surface area contributed by atoms with Crippen LogP contribution in [0.3, 0.4) is 0 Å². The van der Waals surface area contributed by atoms with Gasteiger partial charge in [0.1, 0.15) is 5.82 Å². The Morgan fingerprint density at radius 2 is 1.93 bits per heavy atom. The number of amides is 1. The van der Waals surface area contributed by atoms with Crippen LogP contribution < -0.4 is 10.2 Å². The topological polar surface area (TPSA) is 71.0 Å². The lowest BCUT2D eigenvalue weighted by Gasteiger charge is -2.33. The second-order valence-corrected chi connectivity index (χ2v) is 8.16. The largest absolute Gasteiger partial charge is 0.356 e. The van der Waals surface area contributed by atoms with Crippen LogP contribution in [-0.2, 0) is 0 Å². The predicted octanol–water partition coefficient (Wildman–Crippen LogP) is 4.15. The first-order valence-corrected chi connectivity index (χ1v) is 11.0. The molecule has 1 N–H and O–H groups in total. The van der Waals surface area contributed by atoms with Crippen molar-refractivity contribution >= 4 is 34.0 Å². The van der Waals surface area contributed by atoms with Gasteiger partial charge in [-0.3, -0.25) is 9.78 Å². The van der Waals surface area contributed by atoms with Crippen LogP contribution in [0.1, 0.15) is 23.2 Å². The maximum absolute atomic E-state index is 12.4. The van der Waals surface area contributed by atoms with Crippen LogP contribution in [0.4, 0.5) is 5.82 Å². The first kappa shape index (κ1) is 18.7. The molecule has 0 aliphatic carbocycles. The maximum Gasteiger partial charge on any atom is 0.252 e. The Labute approximate surface area is 178 Å². The average molecular weight is 416 g/mol. The number of thiophene rings is 1. The number of carbonyl (C=O) groups is 1. The quantitative estimate of drug-likeness (QED) is 0.542. The summed E-state index contributed by atoms with van der Waals surface area (Å²) in [6, 6.07) is 14.0. The standard InChI is InChI=1S/C23H21N5OS/c29-23(17-9-13-30-15-17)25-18-7-11-28(12-8-18)22-19-5-1-2-6-20(19)26-21(27-22)16-4-3-10-24-14-16/h1-6,9-10,13-15,18H,7-8,11-12H2,(H,25,29). The zero-order valence-corrected chi connectivity index (χ0v) is 17.2. The molecule has 0 atom stereocenters. The number of carbonyl (C=O) groups excluding carboxylic acids is 1. The molecule has 0 unspecified atom stereocenters. The smallest absolute Gasteiger partial charge is 0.252 e. The molecular weight excluding hydrogens is 394 g/mol. The van der Waals surface area contributed by atoms with E-state index in [9.17, 15) is 4.79 Å². The second kappa shape index (κ2) is 8.20. The summed E-state index contributed by atoms with van der Waals surface area (Å²) in [5.41, 5.74) is 2.57. The number of hydrogen-bond donors (Lipinski definition) is 1. The highest BCUT2D eigenvalue weighted by molar-refractivity contribution is 7.08. The first-order valence-electron chi connectivity index (χ1n) is 10.0. The van der Waals surface area contributed by atoms with Crippen LogP contribution in [-0.4, -0.2) is 40.0 Å². The molecule has 4 aromatic rings. The van der Waals surface area contributed by atoms with E-state index in [-0.39, 0.29) is 11.9 Å². The fraction of sp³-hybridized carbons (Fsp3) is 0.217. The van der Waals surface area contributed by atoms with Gasteiger partial charge in [0.15, 0.2) is 5.82 Å². The Balaban J connectivity index is 1.38. The molecule has 0 radical (unpaired) electrons. The van der Waals surface area contributed by atoms with Crippen molar-refractivity contribution < 1.29 is 4.79 Å². The Hall–Kier alpha value is -3.32. The maximum atomic E-state index is 12.4. The molecule has 1 saturated heterocycles. The SMILES string of the molecule is O=C(NC1CCN(c2nc(-c3cccnc3)nc3ccccc23)CC1)c1ccsc1. The predicted molar refractivity (Wildman–Crippen MR) is 120 cm³/mol. The Morgan fingerprint density at radius 1 is 1.07 bits per heavy atom. The molecule has 0 spiro atoms. The molecule has 5 rings (SSSR count). The van der Waals surface area contributed by atoms with Gasteiger partial charge in [0.25, 0.3) is 5.91 Å². The van der Waals surface area contributed by atoms with E-state index in [1.54, 1.807) is 23.7 Å². The zero-order valence-electron chi connectivity index (χ0n) is 16.4. The number of nitrogens with zero attached hydrogens (tertiary/aromatic N) is 4. The third-order valence-corrected chi connectivity index (χ3v) is 6.10. The Bertz CT molecular complexity index is 1150. The summed E-state index contributed by atoms with van der Waals surface area (Å²) in [5, 5.41) is 8.03. The van der Waals surface area contributed by atoms with Crippen LogP contribution in [0.15, 0.2) is 65.6 Å². The van der Waals surface area contributed by atoms with Crippen molar-refractivity contribution in [1.82, 2.24) is 20.3 Å². The summed E-state index contributed by atoms with van der Waals surface area (Å²) in [6.45, 7) is 1.67. The number of benzene rings is 1. The first-order chi connectivity index (χ1) is 14.8. The lowest BCUT2D eigenvalue weighted by atomic mass is 10.0. The summed E-state index contributed by atoms with van der Waals surface area (Å²) < 4.78 is 0. The van der Waals surface area contributed by atoms with Crippen LogP contribution in [0.25, 0.3) is 22.3 Å². The van der Waals surface area contributed by atoms with Crippen molar-refractivity contribution in [2.45, 2.75) is 18.9 Å². The van der Waals surface area contributed by atoms with E-state index >= 15 is 0 Å². The molecule has 1 aliphatic rings.